The Morgan fingerprint density at radius 3 is 2.11 bits per heavy atom. The lowest BCUT2D eigenvalue weighted by Crippen LogP contribution is -2.44. The lowest BCUT2D eigenvalue weighted by atomic mass is 9.88. The Balaban J connectivity index is 4.84. The van der Waals surface area contributed by atoms with E-state index in [1.807, 2.05) is 0 Å². The molecule has 28 heavy (non-hydrogen) atoms. The van der Waals surface area contributed by atoms with Crippen LogP contribution in [0.5, 0.6) is 0 Å². The molecule has 0 saturated heterocycles. The molecule has 0 saturated carbocycles. The standard InChI is InChI=1S/C18H32N4O6/c1-11(24)12(4-2-3-5-19)6-14(25)7-13(8-17(21)27)18(28)22-9-16(26)15(20)10-23/h12-13,15,23H,2-10,19-20H2,1H3,(H2,21,27)(H,22,28)/t12-,13+,15+/m1/s1. The van der Waals surface area contributed by atoms with Gasteiger partial charge in [-0.1, -0.05) is 6.42 Å². The number of aliphatic hydroxyl groups excluding tert-OH is 1. The van der Waals surface area contributed by atoms with Crippen LogP contribution in [0.3, 0.4) is 0 Å². The Kier molecular flexibility index (Phi) is 12.8. The average Bonchev–Trinajstić information content (AvgIpc) is 2.63. The number of aliphatic hydroxyl groups is 1. The summed E-state index contributed by atoms with van der Waals surface area (Å²) in [6.07, 6.45) is 1.32. The number of hydrogen-bond acceptors (Lipinski definition) is 8. The van der Waals surface area contributed by atoms with Crippen molar-refractivity contribution in [1.82, 2.24) is 5.32 Å². The molecule has 2 amide bonds. The first-order valence-electron chi connectivity index (χ1n) is 9.29. The van der Waals surface area contributed by atoms with Crippen molar-refractivity contribution in [2.24, 2.45) is 29.0 Å². The van der Waals surface area contributed by atoms with Crippen LogP contribution in [0.15, 0.2) is 0 Å². The maximum Gasteiger partial charge on any atom is 0.224 e. The van der Waals surface area contributed by atoms with Crippen LogP contribution in [0.1, 0.15) is 45.4 Å². The Morgan fingerprint density at radius 2 is 1.61 bits per heavy atom. The maximum atomic E-state index is 12.4. The fraction of sp³-hybridized carbons (Fsp3) is 0.722. The van der Waals surface area contributed by atoms with Gasteiger partial charge in [-0.2, -0.15) is 0 Å². The SMILES string of the molecule is CC(=O)[C@H](CCCCN)CC(=O)C[C@@H](CC(N)=O)C(=O)NCC(=O)[C@@H](N)CO. The molecule has 0 bridgehead atoms. The van der Waals surface area contributed by atoms with Gasteiger partial charge in [0.05, 0.1) is 25.1 Å². The fourth-order valence-corrected chi connectivity index (χ4v) is 2.67. The normalized spacial score (nSPS) is 14.0. The molecule has 0 rings (SSSR count). The van der Waals surface area contributed by atoms with Crippen molar-refractivity contribution >= 4 is 29.2 Å². The first kappa shape index (κ1) is 25.8. The van der Waals surface area contributed by atoms with Gasteiger partial charge in [0.2, 0.25) is 11.8 Å². The van der Waals surface area contributed by atoms with E-state index in [0.29, 0.717) is 19.4 Å². The number of primary amides is 1. The Hall–Kier alpha value is -2.17. The van der Waals surface area contributed by atoms with Crippen LogP contribution in [-0.2, 0) is 24.0 Å². The minimum atomic E-state index is -1.12. The van der Waals surface area contributed by atoms with Crippen molar-refractivity contribution in [2.45, 2.75) is 51.5 Å². The number of nitrogens with two attached hydrogens (primary N) is 3. The minimum absolute atomic E-state index is 0.0310. The zero-order valence-corrected chi connectivity index (χ0v) is 16.3. The van der Waals surface area contributed by atoms with Gasteiger partial charge >= 0.3 is 0 Å². The predicted molar refractivity (Wildman–Crippen MR) is 102 cm³/mol. The maximum absolute atomic E-state index is 12.4. The molecule has 0 aliphatic carbocycles. The molecule has 10 nitrogen and oxygen atoms in total. The third-order valence-corrected chi connectivity index (χ3v) is 4.40. The number of carbonyl (C=O) groups excluding carboxylic acids is 5. The molecular weight excluding hydrogens is 368 g/mol. The summed E-state index contributed by atoms with van der Waals surface area (Å²) in [5.74, 6) is -4.00. The summed E-state index contributed by atoms with van der Waals surface area (Å²) >= 11 is 0. The molecule has 10 heteroatoms. The summed E-state index contributed by atoms with van der Waals surface area (Å²) in [6.45, 7) is 0.912. The van der Waals surface area contributed by atoms with Crippen LogP contribution in [0.2, 0.25) is 0 Å². The van der Waals surface area contributed by atoms with Crippen LogP contribution in [0.25, 0.3) is 0 Å². The van der Waals surface area contributed by atoms with Gasteiger partial charge in [-0.3, -0.25) is 24.0 Å². The third-order valence-electron chi connectivity index (χ3n) is 4.40. The quantitative estimate of drug-likeness (QED) is 0.186. The van der Waals surface area contributed by atoms with E-state index < -0.39 is 48.6 Å². The zero-order valence-electron chi connectivity index (χ0n) is 16.3. The highest BCUT2D eigenvalue weighted by atomic mass is 16.3. The van der Waals surface area contributed by atoms with Crippen molar-refractivity contribution in [3.63, 3.8) is 0 Å². The molecule has 3 atom stereocenters. The molecule has 160 valence electrons. The zero-order chi connectivity index (χ0) is 21.7. The van der Waals surface area contributed by atoms with E-state index in [-0.39, 0.29) is 30.8 Å². The van der Waals surface area contributed by atoms with E-state index in [1.165, 1.54) is 6.92 Å². The molecule has 0 spiro atoms. The number of carbonyl (C=O) groups is 5. The Labute approximate surface area is 164 Å². The molecule has 8 N–H and O–H groups in total. The smallest absolute Gasteiger partial charge is 0.224 e. The van der Waals surface area contributed by atoms with Crippen LogP contribution >= 0.6 is 0 Å². The summed E-state index contributed by atoms with van der Waals surface area (Å²) in [4.78, 5) is 59.2. The number of ketones is 3. The molecule has 0 radical (unpaired) electrons. The number of unbranched alkanes of at least 4 members (excludes halogenated alkanes) is 1. The Bertz CT molecular complexity index is 566. The first-order chi connectivity index (χ1) is 13.1. The third kappa shape index (κ3) is 10.9. The van der Waals surface area contributed by atoms with E-state index in [4.69, 9.17) is 22.3 Å². The van der Waals surface area contributed by atoms with Gasteiger partial charge in [0.15, 0.2) is 5.78 Å². The minimum Gasteiger partial charge on any atom is -0.394 e. The van der Waals surface area contributed by atoms with Crippen molar-refractivity contribution in [1.29, 1.82) is 0 Å². The Morgan fingerprint density at radius 1 is 1.00 bits per heavy atom. The second-order valence-electron chi connectivity index (χ2n) is 6.88. The number of rotatable bonds is 16. The monoisotopic (exact) mass is 400 g/mol. The summed E-state index contributed by atoms with van der Waals surface area (Å²) in [5, 5.41) is 11.1. The van der Waals surface area contributed by atoms with E-state index in [9.17, 15) is 24.0 Å². The van der Waals surface area contributed by atoms with Gasteiger partial charge < -0.3 is 27.6 Å². The molecular formula is C18H32N4O6. The van der Waals surface area contributed by atoms with Crippen molar-refractivity contribution in [2.75, 3.05) is 19.7 Å². The molecule has 0 aliphatic rings. The molecule has 0 aromatic heterocycles. The average molecular weight is 400 g/mol. The van der Waals surface area contributed by atoms with Gasteiger partial charge in [0.25, 0.3) is 0 Å². The van der Waals surface area contributed by atoms with E-state index in [2.05, 4.69) is 5.32 Å². The van der Waals surface area contributed by atoms with Gasteiger partial charge in [-0.15, -0.1) is 0 Å². The second-order valence-corrected chi connectivity index (χ2v) is 6.88. The molecule has 0 unspecified atom stereocenters. The van der Waals surface area contributed by atoms with Gasteiger partial charge in [-0.05, 0) is 26.3 Å². The lowest BCUT2D eigenvalue weighted by Gasteiger charge is -2.17. The molecule has 0 aromatic carbocycles. The lowest BCUT2D eigenvalue weighted by molar-refractivity contribution is -0.134. The highest BCUT2D eigenvalue weighted by molar-refractivity contribution is 5.94. The van der Waals surface area contributed by atoms with Crippen molar-refractivity contribution < 1.29 is 29.1 Å². The molecule has 0 heterocycles. The van der Waals surface area contributed by atoms with Crippen LogP contribution in [-0.4, -0.2) is 60.0 Å². The largest absolute Gasteiger partial charge is 0.394 e. The highest BCUT2D eigenvalue weighted by Gasteiger charge is 2.27. The predicted octanol–water partition coefficient (Wildman–Crippen LogP) is -1.83. The molecule has 0 aromatic rings. The van der Waals surface area contributed by atoms with Crippen molar-refractivity contribution in [3.8, 4) is 0 Å². The fourth-order valence-electron chi connectivity index (χ4n) is 2.67. The molecule has 0 fully saturated rings. The highest BCUT2D eigenvalue weighted by Crippen LogP contribution is 2.18. The number of Topliss-reactive ketones (excluding diaryl/α,β-unsaturated/α-hetero) is 3. The number of nitrogens with one attached hydrogen (secondary N) is 1. The van der Waals surface area contributed by atoms with Crippen LogP contribution < -0.4 is 22.5 Å². The topological polar surface area (TPSA) is 196 Å². The number of hydrogen-bond donors (Lipinski definition) is 5. The summed E-state index contributed by atoms with van der Waals surface area (Å²) < 4.78 is 0. The van der Waals surface area contributed by atoms with E-state index in [0.717, 1.165) is 6.42 Å². The van der Waals surface area contributed by atoms with Gasteiger partial charge in [-0.25, -0.2) is 0 Å². The van der Waals surface area contributed by atoms with Gasteiger partial charge in [0, 0.05) is 25.2 Å². The summed E-state index contributed by atoms with van der Waals surface area (Å²) in [7, 11) is 0. The first-order valence-corrected chi connectivity index (χ1v) is 9.29. The van der Waals surface area contributed by atoms with Crippen LogP contribution in [0, 0.1) is 11.8 Å². The number of amides is 2. The van der Waals surface area contributed by atoms with Crippen molar-refractivity contribution in [3.05, 3.63) is 0 Å². The second kappa shape index (κ2) is 13.9. The molecule has 0 aliphatic heterocycles. The summed E-state index contributed by atoms with van der Waals surface area (Å²) in [6, 6.07) is -1.12. The van der Waals surface area contributed by atoms with E-state index in [1.54, 1.807) is 0 Å². The van der Waals surface area contributed by atoms with Gasteiger partial charge in [0.1, 0.15) is 11.6 Å². The van der Waals surface area contributed by atoms with E-state index >= 15 is 0 Å². The van der Waals surface area contributed by atoms with Crippen LogP contribution in [0.4, 0.5) is 0 Å². The summed E-state index contributed by atoms with van der Waals surface area (Å²) in [5.41, 5.74) is 15.9.